The number of nitrogens with two attached hydrogens (primary N) is 3. The number of carbonyl (C=O) groups excluding carboxylic acids is 2. The number of aromatic nitrogens is 12. The maximum atomic E-state index is 14.1. The second kappa shape index (κ2) is 28.2. The molecule has 3 aliphatic heterocycles. The van der Waals surface area contributed by atoms with Crippen LogP contribution in [0.2, 0.25) is 0 Å². The van der Waals surface area contributed by atoms with Crippen LogP contribution in [0.15, 0.2) is 85.6 Å². The first-order valence-electron chi connectivity index (χ1n) is 32.3. The fraction of sp³-hybridized carbons (Fsp3) is 0.597. The number of carbonyl (C=O) groups is 2. The van der Waals surface area contributed by atoms with Crippen LogP contribution in [0.25, 0.3) is 33.5 Å². The van der Waals surface area contributed by atoms with Crippen molar-refractivity contribution in [2.75, 3.05) is 37.0 Å². The number of rotatable bonds is 24. The predicted molar refractivity (Wildman–Crippen MR) is 342 cm³/mol. The van der Waals surface area contributed by atoms with Gasteiger partial charge in [-0.1, -0.05) is 76.6 Å². The summed E-state index contributed by atoms with van der Waals surface area (Å²) >= 11 is 0. The lowest BCUT2D eigenvalue weighted by Crippen LogP contribution is -2.35. The van der Waals surface area contributed by atoms with Crippen LogP contribution in [0.4, 0.5) is 17.5 Å². The zero-order chi connectivity index (χ0) is 67.1. The Hall–Kier alpha value is -6.99. The third kappa shape index (κ3) is 15.0. The number of allylic oxidation sites excluding steroid dienone is 6. The number of phosphoric acid groups is 2. The number of fused-ring (bicyclic) bond motifs is 4. The molecule has 3 saturated heterocycles. The van der Waals surface area contributed by atoms with Crippen molar-refractivity contribution in [3.05, 3.63) is 85.6 Å². The number of hydrogen-bond acceptors (Lipinski definition) is 26. The van der Waals surface area contributed by atoms with Crippen LogP contribution in [0.5, 0.6) is 0 Å². The van der Waals surface area contributed by atoms with Crippen LogP contribution in [0.3, 0.4) is 0 Å². The second-order valence-electron chi connectivity index (χ2n) is 26.3. The van der Waals surface area contributed by atoms with E-state index in [2.05, 4.69) is 110 Å². The van der Waals surface area contributed by atoms with Crippen LogP contribution in [-0.4, -0.2) is 148 Å². The number of ether oxygens (including phenoxy) is 5. The van der Waals surface area contributed by atoms with E-state index in [1.165, 1.54) is 82.9 Å². The molecule has 12 rings (SSSR count). The van der Waals surface area contributed by atoms with Gasteiger partial charge in [-0.15, -0.1) is 0 Å². The summed E-state index contributed by atoms with van der Waals surface area (Å²) < 4.78 is 84.9. The summed E-state index contributed by atoms with van der Waals surface area (Å²) in [5.74, 6) is 1.82. The van der Waals surface area contributed by atoms with E-state index >= 15 is 0 Å². The highest BCUT2D eigenvalue weighted by Crippen LogP contribution is 2.60. The molecule has 6 aromatic heterocycles. The van der Waals surface area contributed by atoms with Crippen LogP contribution < -0.4 is 17.2 Å². The van der Waals surface area contributed by atoms with Gasteiger partial charge in [-0.25, -0.2) is 54.0 Å². The quantitative estimate of drug-likeness (QED) is 0.0190. The Labute approximate surface area is 547 Å². The van der Waals surface area contributed by atoms with E-state index in [1.807, 2.05) is 0 Å². The SMILES string of the molecule is C=C1CC[C@@H](OC(=O)CCC(=O)OCC2CC(OP(=O)(O)OCC3CC(OP(=O)(O)OCC4CC(O)C(n5cnc6c(N)ncnc65)O4)C(n4cnc5c(N)ncnc54)O3)C(n3cnc4c(N)ncnc43)O2)C/C1=C/C=C1\CCC[C@]2(C)[C@@H]([C@@H](C)/C=C/[C@H](C)C(C)C)CC[C@@H]12. The summed E-state index contributed by atoms with van der Waals surface area (Å²) in [5.41, 5.74) is 23.3. The molecule has 0 spiro atoms. The molecule has 3 saturated carbocycles. The van der Waals surface area contributed by atoms with Gasteiger partial charge >= 0.3 is 27.6 Å². The van der Waals surface area contributed by atoms with Crippen LogP contribution in [0.1, 0.15) is 137 Å². The molecule has 33 heteroatoms. The van der Waals surface area contributed by atoms with E-state index < -0.39 is 96.1 Å². The third-order valence-corrected chi connectivity index (χ3v) is 21.7. The lowest BCUT2D eigenvalue weighted by molar-refractivity contribution is -0.155. The number of esters is 2. The monoisotopic (exact) mass is 1360 g/mol. The van der Waals surface area contributed by atoms with Gasteiger partial charge in [0.1, 0.15) is 66.6 Å². The van der Waals surface area contributed by atoms with Crippen molar-refractivity contribution in [2.45, 2.75) is 180 Å². The van der Waals surface area contributed by atoms with Gasteiger partial charge in [0.2, 0.25) is 0 Å². The number of hydrogen-bond donors (Lipinski definition) is 6. The van der Waals surface area contributed by atoms with Crippen molar-refractivity contribution < 1.29 is 75.4 Å². The average molecular weight is 1360 g/mol. The minimum absolute atomic E-state index is 0.0113. The van der Waals surface area contributed by atoms with Crippen molar-refractivity contribution in [3.63, 3.8) is 0 Å². The highest BCUT2D eigenvalue weighted by molar-refractivity contribution is 7.47. The largest absolute Gasteiger partial charge is 0.472 e. The molecule has 6 fully saturated rings. The molecule has 9 heterocycles. The van der Waals surface area contributed by atoms with Gasteiger partial charge in [-0.2, -0.15) is 0 Å². The van der Waals surface area contributed by atoms with E-state index in [0.717, 1.165) is 17.6 Å². The zero-order valence-electron chi connectivity index (χ0n) is 53.6. The number of anilines is 3. The standard InChI is InChI=1S/C62H83N15O16P2/c1-33(2)34(3)9-10-36(5)43-15-16-44-37(8-7-19-62(43,44)6)12-13-38-20-39(14-11-35(38)4)88-49(80)18-17-48(79)85-24-41-22-46(60(90-41)76-31-73-51-54(64)67-28-70-57(51)76)92-95(83,84)87-26-42-23-47(61(91-42)77-32-74-52-55(65)68-29-71-58(52)77)93-94(81,82)86-25-40-21-45(78)59(89-40)75-30-72-50-53(63)66-27-69-56(50)75/h9-10,12-13,27-34,36,39-47,59-61,78H,4,7-8,11,14-26H2,1-3,5-6H3,(H,81,82)(H,83,84)(H2,63,66,69)(H2,64,67,70)(H2,65,68,71)/b10-9+,37-12+,38-13-/t34-,36-,39+,40?,41?,42?,43+,44-,45?,46?,47?,59?,60?,61?,62+/m0/s1. The first-order chi connectivity index (χ1) is 45.4. The highest BCUT2D eigenvalue weighted by Gasteiger charge is 2.51. The maximum absolute atomic E-state index is 14.1. The molecule has 0 amide bonds. The minimum Gasteiger partial charge on any atom is -0.463 e. The molecule has 31 nitrogen and oxygen atoms in total. The predicted octanol–water partition coefficient (Wildman–Crippen LogP) is 8.01. The van der Waals surface area contributed by atoms with E-state index in [-0.39, 0.29) is 90.0 Å². The van der Waals surface area contributed by atoms with Crippen LogP contribution in [-0.2, 0) is 60.5 Å². The van der Waals surface area contributed by atoms with E-state index in [4.69, 9.17) is 59.0 Å². The fourth-order valence-electron chi connectivity index (χ4n) is 14.4. The smallest absolute Gasteiger partial charge is 0.463 e. The number of nitrogen functional groups attached to an aromatic ring is 3. The molecule has 9 N–H and O–H groups in total. The van der Waals surface area contributed by atoms with E-state index in [1.54, 1.807) is 0 Å². The summed E-state index contributed by atoms with van der Waals surface area (Å²) in [6.45, 7) is 14.6. The summed E-state index contributed by atoms with van der Waals surface area (Å²) in [6.07, 6.45) is 13.4. The van der Waals surface area contributed by atoms with Crippen molar-refractivity contribution in [1.29, 1.82) is 0 Å². The van der Waals surface area contributed by atoms with Crippen molar-refractivity contribution in [2.24, 2.45) is 35.0 Å². The van der Waals surface area contributed by atoms with Gasteiger partial charge in [0.15, 0.2) is 53.1 Å². The Kier molecular flexibility index (Phi) is 20.2. The Morgan fingerprint density at radius 2 is 1.20 bits per heavy atom. The Morgan fingerprint density at radius 3 is 1.76 bits per heavy atom. The Morgan fingerprint density at radius 1 is 0.684 bits per heavy atom. The molecule has 512 valence electrons. The number of nitrogens with zero attached hydrogens (tertiary/aromatic N) is 12. The molecule has 3 aliphatic carbocycles. The Balaban J connectivity index is 0.648. The molecule has 6 aromatic rings. The van der Waals surface area contributed by atoms with Crippen molar-refractivity contribution >= 4 is 78.5 Å². The first-order valence-corrected chi connectivity index (χ1v) is 35.3. The molecular weight excluding hydrogens is 1270 g/mol. The van der Waals surface area contributed by atoms with Crippen molar-refractivity contribution in [3.8, 4) is 0 Å². The number of aliphatic hydroxyl groups is 1. The first kappa shape index (κ1) is 68.0. The topological polar surface area (TPSA) is 421 Å². The van der Waals surface area contributed by atoms with Gasteiger partial charge in [-0.05, 0) is 85.5 Å². The molecule has 0 bridgehead atoms. The van der Waals surface area contributed by atoms with Gasteiger partial charge in [0, 0.05) is 25.7 Å². The van der Waals surface area contributed by atoms with Gasteiger partial charge in [0.05, 0.1) is 63.3 Å². The number of phosphoric ester groups is 2. The van der Waals surface area contributed by atoms with Crippen molar-refractivity contribution in [1.82, 2.24) is 58.6 Å². The minimum atomic E-state index is -5.10. The second-order valence-corrected chi connectivity index (χ2v) is 29.1. The van der Waals surface area contributed by atoms with Gasteiger partial charge < -0.3 is 55.8 Å². The lowest BCUT2D eigenvalue weighted by atomic mass is 9.61. The molecule has 0 radical (unpaired) electrons. The molecule has 95 heavy (non-hydrogen) atoms. The van der Waals surface area contributed by atoms with Crippen LogP contribution >= 0.6 is 15.6 Å². The molecule has 0 aromatic carbocycles. The van der Waals surface area contributed by atoms with Gasteiger partial charge in [0.25, 0.3) is 0 Å². The Bertz CT molecular complexity index is 4010. The molecule has 11 unspecified atom stereocenters. The van der Waals surface area contributed by atoms with E-state index in [9.17, 15) is 33.6 Å². The zero-order valence-corrected chi connectivity index (χ0v) is 55.4. The van der Waals surface area contributed by atoms with E-state index in [0.29, 0.717) is 60.0 Å². The number of aliphatic hydroxyl groups excluding tert-OH is 1. The normalized spacial score (nSPS) is 30.9. The summed E-state index contributed by atoms with van der Waals surface area (Å²) in [7, 11) is -10.1. The summed E-state index contributed by atoms with van der Waals surface area (Å²) in [6, 6.07) is 0. The summed E-state index contributed by atoms with van der Waals surface area (Å²) in [4.78, 5) is 86.7. The maximum Gasteiger partial charge on any atom is 0.472 e. The molecule has 6 aliphatic rings. The number of imidazole rings is 3. The summed E-state index contributed by atoms with van der Waals surface area (Å²) in [5, 5.41) is 11.0. The molecular formula is C62H83N15O16P2. The van der Waals surface area contributed by atoms with Gasteiger partial charge in [-0.3, -0.25) is 41.4 Å². The average Bonchev–Trinajstić information content (AvgIpc) is 1.66. The fourth-order valence-corrected chi connectivity index (χ4v) is 16.3. The molecule has 17 atom stereocenters. The van der Waals surface area contributed by atoms with Crippen LogP contribution in [0, 0.1) is 35.0 Å². The lowest BCUT2D eigenvalue weighted by Gasteiger charge is -2.44. The third-order valence-electron chi connectivity index (χ3n) is 19.7. The highest BCUT2D eigenvalue weighted by atomic mass is 31.2.